The van der Waals surface area contributed by atoms with Gasteiger partial charge in [-0.25, -0.2) is 8.42 Å². The number of carbonyl (C=O) groups excluding carboxylic acids is 3. The van der Waals surface area contributed by atoms with E-state index in [2.05, 4.69) is 16.2 Å². The number of hydrogen-bond acceptors (Lipinski definition) is 6. The van der Waals surface area contributed by atoms with Crippen LogP contribution in [0.4, 0.5) is 0 Å². The molecule has 29 heavy (non-hydrogen) atoms. The number of aryl methyl sites for hydroxylation is 1. The number of thiophene rings is 1. The normalized spacial score (nSPS) is 11.2. The molecule has 1 aromatic carbocycles. The van der Waals surface area contributed by atoms with Gasteiger partial charge in [0.2, 0.25) is 15.9 Å². The first-order chi connectivity index (χ1) is 13.6. The maximum atomic E-state index is 12.5. The molecule has 0 aliphatic heterocycles. The van der Waals surface area contributed by atoms with E-state index in [9.17, 15) is 22.8 Å². The molecule has 1 heterocycles. The minimum absolute atomic E-state index is 0.0766. The van der Waals surface area contributed by atoms with Crippen molar-refractivity contribution in [1.29, 1.82) is 0 Å². The van der Waals surface area contributed by atoms with Crippen LogP contribution < -0.4 is 16.2 Å². The van der Waals surface area contributed by atoms with Gasteiger partial charge in [0, 0.05) is 18.8 Å². The summed E-state index contributed by atoms with van der Waals surface area (Å²) in [4.78, 5) is 36.2. The summed E-state index contributed by atoms with van der Waals surface area (Å²) in [5.74, 6) is -1.41. The van der Waals surface area contributed by atoms with E-state index in [0.717, 1.165) is 14.7 Å². The second kappa shape index (κ2) is 9.63. The number of nitrogens with zero attached hydrogens (tertiary/aromatic N) is 1. The number of nitrogens with one attached hydrogen (secondary N) is 3. The lowest BCUT2D eigenvalue weighted by Crippen LogP contribution is -2.46. The highest BCUT2D eigenvalue weighted by molar-refractivity contribution is 7.89. The van der Waals surface area contributed by atoms with Gasteiger partial charge in [-0.2, -0.15) is 4.31 Å². The molecular formula is C18H22N4O5S2. The Hall–Kier alpha value is -2.76. The first-order valence-corrected chi connectivity index (χ1v) is 10.8. The molecule has 9 nitrogen and oxygen atoms in total. The summed E-state index contributed by atoms with van der Waals surface area (Å²) in [6, 6.07) is 9.54. The second-order valence-corrected chi connectivity index (χ2v) is 9.47. The van der Waals surface area contributed by atoms with Crippen molar-refractivity contribution >= 4 is 39.1 Å². The van der Waals surface area contributed by atoms with Gasteiger partial charge in [-0.15, -0.1) is 11.3 Å². The summed E-state index contributed by atoms with van der Waals surface area (Å²) in [5, 5.41) is 2.62. The maximum Gasteiger partial charge on any atom is 0.279 e. The van der Waals surface area contributed by atoms with Crippen LogP contribution in [0.5, 0.6) is 0 Å². The molecule has 2 rings (SSSR count). The highest BCUT2D eigenvalue weighted by atomic mass is 32.2. The van der Waals surface area contributed by atoms with Gasteiger partial charge < -0.3 is 5.32 Å². The van der Waals surface area contributed by atoms with Crippen LogP contribution in [0.1, 0.15) is 27.0 Å². The van der Waals surface area contributed by atoms with Crippen molar-refractivity contribution in [3.05, 3.63) is 51.7 Å². The summed E-state index contributed by atoms with van der Waals surface area (Å²) in [7, 11) is -2.54. The van der Waals surface area contributed by atoms with Crippen molar-refractivity contribution in [3.63, 3.8) is 0 Å². The Balaban J connectivity index is 1.88. The number of hydrogen-bond donors (Lipinski definition) is 3. The third-order valence-electron chi connectivity index (χ3n) is 3.81. The standard InChI is InChI=1S/C18H22N4O5S2/c1-12-4-7-15(8-5-12)29(26,27)22(3)11-17(24)20-21-18(25)16-9-6-14(28-16)10-19-13(2)23/h4-9H,10-11H2,1-3H3,(H,19,23)(H,20,24)(H,21,25). The van der Waals surface area contributed by atoms with Gasteiger partial charge in [-0.1, -0.05) is 17.7 Å². The predicted molar refractivity (Wildman–Crippen MR) is 108 cm³/mol. The smallest absolute Gasteiger partial charge is 0.279 e. The largest absolute Gasteiger partial charge is 0.351 e. The predicted octanol–water partition coefficient (Wildman–Crippen LogP) is 0.774. The van der Waals surface area contributed by atoms with Gasteiger partial charge in [-0.3, -0.25) is 25.2 Å². The van der Waals surface area contributed by atoms with Crippen molar-refractivity contribution in [2.75, 3.05) is 13.6 Å². The van der Waals surface area contributed by atoms with E-state index in [4.69, 9.17) is 0 Å². The second-order valence-electron chi connectivity index (χ2n) is 6.25. The van der Waals surface area contributed by atoms with E-state index in [1.54, 1.807) is 24.3 Å². The summed E-state index contributed by atoms with van der Waals surface area (Å²) < 4.78 is 25.9. The van der Waals surface area contributed by atoms with Crippen molar-refractivity contribution in [2.45, 2.75) is 25.3 Å². The van der Waals surface area contributed by atoms with Gasteiger partial charge in [0.05, 0.1) is 22.9 Å². The third kappa shape index (κ3) is 6.38. The highest BCUT2D eigenvalue weighted by Gasteiger charge is 2.23. The molecule has 0 saturated carbocycles. The van der Waals surface area contributed by atoms with E-state index < -0.39 is 28.4 Å². The summed E-state index contributed by atoms with van der Waals surface area (Å²) in [6.45, 7) is 3.08. The third-order valence-corrected chi connectivity index (χ3v) is 6.71. The van der Waals surface area contributed by atoms with E-state index in [0.29, 0.717) is 11.4 Å². The van der Waals surface area contributed by atoms with Crippen molar-refractivity contribution < 1.29 is 22.8 Å². The molecule has 3 N–H and O–H groups in total. The lowest BCUT2D eigenvalue weighted by molar-refractivity contribution is -0.122. The van der Waals surface area contributed by atoms with E-state index in [1.807, 2.05) is 6.92 Å². The average molecular weight is 439 g/mol. The molecule has 0 unspecified atom stereocenters. The Morgan fingerprint density at radius 3 is 2.31 bits per heavy atom. The molecular weight excluding hydrogens is 416 g/mol. The molecule has 156 valence electrons. The fourth-order valence-electron chi connectivity index (χ4n) is 2.21. The molecule has 0 fully saturated rings. The lowest BCUT2D eigenvalue weighted by Gasteiger charge is -2.17. The van der Waals surface area contributed by atoms with Gasteiger partial charge in [0.25, 0.3) is 11.8 Å². The fraction of sp³-hybridized carbons (Fsp3) is 0.278. The first kappa shape index (κ1) is 22.5. The number of rotatable bonds is 7. The highest BCUT2D eigenvalue weighted by Crippen LogP contribution is 2.16. The Morgan fingerprint density at radius 2 is 1.69 bits per heavy atom. The van der Waals surface area contributed by atoms with Gasteiger partial charge in [0.1, 0.15) is 0 Å². The quantitative estimate of drug-likeness (QED) is 0.551. The van der Waals surface area contributed by atoms with Crippen molar-refractivity contribution in [3.8, 4) is 0 Å². The van der Waals surface area contributed by atoms with Crippen LogP contribution in [0.3, 0.4) is 0 Å². The van der Waals surface area contributed by atoms with Crippen LogP contribution in [0, 0.1) is 6.92 Å². The molecule has 3 amide bonds. The number of benzene rings is 1. The van der Waals surface area contributed by atoms with Gasteiger partial charge >= 0.3 is 0 Å². The molecule has 0 aliphatic carbocycles. The molecule has 0 bridgehead atoms. The number of likely N-dealkylation sites (N-methyl/N-ethyl adjacent to an activating group) is 1. The number of hydrazine groups is 1. The Labute approximate surface area is 173 Å². The van der Waals surface area contributed by atoms with E-state index in [1.165, 1.54) is 37.4 Å². The molecule has 0 radical (unpaired) electrons. The van der Waals surface area contributed by atoms with Crippen molar-refractivity contribution in [1.82, 2.24) is 20.5 Å². The zero-order chi connectivity index (χ0) is 21.6. The summed E-state index contributed by atoms with van der Waals surface area (Å²) >= 11 is 1.17. The van der Waals surface area contributed by atoms with E-state index >= 15 is 0 Å². The van der Waals surface area contributed by atoms with Crippen molar-refractivity contribution in [2.24, 2.45) is 0 Å². The molecule has 1 aromatic heterocycles. The lowest BCUT2D eigenvalue weighted by atomic mass is 10.2. The molecule has 0 atom stereocenters. The molecule has 11 heteroatoms. The minimum atomic E-state index is -3.82. The van der Waals surface area contributed by atoms with Crippen LogP contribution in [-0.2, 0) is 26.2 Å². The summed E-state index contributed by atoms with van der Waals surface area (Å²) in [6.07, 6.45) is 0. The number of carbonyl (C=O) groups is 3. The van der Waals surface area contributed by atoms with Crippen LogP contribution in [-0.4, -0.2) is 44.0 Å². The Morgan fingerprint density at radius 1 is 1.03 bits per heavy atom. The molecule has 0 spiro atoms. The topological polar surface area (TPSA) is 125 Å². The maximum absolute atomic E-state index is 12.5. The zero-order valence-corrected chi connectivity index (χ0v) is 17.8. The number of amides is 3. The fourth-order valence-corrected chi connectivity index (χ4v) is 4.18. The van der Waals surface area contributed by atoms with Crippen LogP contribution in [0.25, 0.3) is 0 Å². The molecule has 0 aliphatic rings. The molecule has 0 saturated heterocycles. The zero-order valence-electron chi connectivity index (χ0n) is 16.2. The monoisotopic (exact) mass is 438 g/mol. The Kier molecular flexibility index (Phi) is 7.48. The SMILES string of the molecule is CC(=O)NCc1ccc(C(=O)NNC(=O)CN(C)S(=O)(=O)c2ccc(C)cc2)s1. The minimum Gasteiger partial charge on any atom is -0.351 e. The van der Waals surface area contributed by atoms with Gasteiger partial charge in [0.15, 0.2) is 0 Å². The first-order valence-electron chi connectivity index (χ1n) is 8.55. The average Bonchev–Trinajstić information content (AvgIpc) is 3.14. The van der Waals surface area contributed by atoms with Crippen LogP contribution >= 0.6 is 11.3 Å². The Bertz CT molecular complexity index is 1000. The van der Waals surface area contributed by atoms with E-state index in [-0.39, 0.29) is 10.8 Å². The van der Waals surface area contributed by atoms with Crippen LogP contribution in [0.2, 0.25) is 0 Å². The summed E-state index contributed by atoms with van der Waals surface area (Å²) in [5.41, 5.74) is 5.36. The molecule has 2 aromatic rings. The van der Waals surface area contributed by atoms with Crippen LogP contribution in [0.15, 0.2) is 41.3 Å². The number of sulfonamides is 1. The van der Waals surface area contributed by atoms with Gasteiger partial charge in [-0.05, 0) is 31.2 Å².